The quantitative estimate of drug-likeness (QED) is 0.858. The lowest BCUT2D eigenvalue weighted by molar-refractivity contribution is -0.136. The molecule has 3 atom stereocenters. The van der Waals surface area contributed by atoms with Gasteiger partial charge in [-0.2, -0.15) is 0 Å². The average molecular weight is 303 g/mol. The van der Waals surface area contributed by atoms with Gasteiger partial charge in [-0.05, 0) is 43.9 Å². The van der Waals surface area contributed by atoms with E-state index < -0.39 is 0 Å². The number of piperidine rings is 1. The second-order valence-corrected chi connectivity index (χ2v) is 6.40. The van der Waals surface area contributed by atoms with Crippen molar-refractivity contribution in [2.45, 2.75) is 45.3 Å². The third kappa shape index (κ3) is 3.43. The maximum atomic E-state index is 12.3. The first-order valence-corrected chi connectivity index (χ1v) is 8.30. The van der Waals surface area contributed by atoms with E-state index in [1.165, 1.54) is 5.56 Å². The monoisotopic (exact) mass is 303 g/mol. The van der Waals surface area contributed by atoms with E-state index in [1.807, 2.05) is 29.2 Å². The predicted molar refractivity (Wildman–Crippen MR) is 85.0 cm³/mol. The van der Waals surface area contributed by atoms with Gasteiger partial charge in [-0.3, -0.25) is 4.79 Å². The molecule has 0 N–H and O–H groups in total. The van der Waals surface area contributed by atoms with Gasteiger partial charge in [0, 0.05) is 19.0 Å². The molecular weight excluding hydrogens is 278 g/mol. The highest BCUT2D eigenvalue weighted by Crippen LogP contribution is 2.32. The van der Waals surface area contributed by atoms with E-state index in [0.717, 1.165) is 38.1 Å². The molecule has 120 valence electrons. The van der Waals surface area contributed by atoms with E-state index >= 15 is 0 Å². The van der Waals surface area contributed by atoms with Crippen LogP contribution in [0.1, 0.15) is 32.3 Å². The van der Waals surface area contributed by atoms with Gasteiger partial charge >= 0.3 is 0 Å². The molecule has 3 rings (SSSR count). The Labute approximate surface area is 132 Å². The molecule has 4 nitrogen and oxygen atoms in total. The molecule has 0 saturated carbocycles. The number of nitrogens with zero attached hydrogens (tertiary/aromatic N) is 1. The van der Waals surface area contributed by atoms with Crippen LogP contribution in [0.3, 0.4) is 0 Å². The minimum absolute atomic E-state index is 0.0811. The number of hydrogen-bond acceptors (Lipinski definition) is 3. The molecule has 0 unspecified atom stereocenters. The zero-order valence-electron chi connectivity index (χ0n) is 13.5. The van der Waals surface area contributed by atoms with Gasteiger partial charge in [0.05, 0.1) is 12.2 Å². The summed E-state index contributed by atoms with van der Waals surface area (Å²) in [6, 6.07) is 7.96. The van der Waals surface area contributed by atoms with Crippen LogP contribution < -0.4 is 4.74 Å². The summed E-state index contributed by atoms with van der Waals surface area (Å²) < 4.78 is 11.5. The highest BCUT2D eigenvalue weighted by molar-refractivity contribution is 5.77. The smallest absolute Gasteiger partial charge is 0.260 e. The zero-order valence-corrected chi connectivity index (χ0v) is 13.5. The predicted octanol–water partition coefficient (Wildman–Crippen LogP) is 2.65. The van der Waals surface area contributed by atoms with Crippen LogP contribution >= 0.6 is 0 Å². The van der Waals surface area contributed by atoms with Gasteiger partial charge < -0.3 is 14.4 Å². The molecule has 0 radical (unpaired) electrons. The van der Waals surface area contributed by atoms with Crippen molar-refractivity contribution >= 4 is 5.91 Å². The molecule has 2 saturated heterocycles. The van der Waals surface area contributed by atoms with Gasteiger partial charge in [0.1, 0.15) is 5.75 Å². The molecule has 0 bridgehead atoms. The van der Waals surface area contributed by atoms with Crippen LogP contribution in [0.5, 0.6) is 5.75 Å². The first kappa shape index (κ1) is 15.3. The van der Waals surface area contributed by atoms with Gasteiger partial charge in [0.25, 0.3) is 5.91 Å². The molecule has 2 aliphatic heterocycles. The molecule has 1 aromatic carbocycles. The Balaban J connectivity index is 1.49. The molecule has 0 spiro atoms. The van der Waals surface area contributed by atoms with E-state index in [2.05, 4.69) is 13.8 Å². The van der Waals surface area contributed by atoms with Crippen molar-refractivity contribution in [3.63, 3.8) is 0 Å². The summed E-state index contributed by atoms with van der Waals surface area (Å²) in [6.07, 6.45) is 3.70. The third-order valence-corrected chi connectivity index (χ3v) is 4.75. The summed E-state index contributed by atoms with van der Waals surface area (Å²) in [5, 5.41) is 0. The summed E-state index contributed by atoms with van der Waals surface area (Å²) >= 11 is 0. The molecule has 4 heteroatoms. The number of benzene rings is 1. The number of ether oxygens (including phenoxy) is 2. The second kappa shape index (κ2) is 6.69. The summed E-state index contributed by atoms with van der Waals surface area (Å²) in [4.78, 5) is 14.3. The first-order chi connectivity index (χ1) is 10.7. The van der Waals surface area contributed by atoms with Crippen LogP contribution in [0, 0.1) is 5.92 Å². The number of amides is 1. The van der Waals surface area contributed by atoms with Gasteiger partial charge in [-0.15, -0.1) is 0 Å². The number of aryl methyl sites for hydroxylation is 1. The fourth-order valence-corrected chi connectivity index (χ4v) is 3.48. The van der Waals surface area contributed by atoms with Crippen LogP contribution in [0.4, 0.5) is 0 Å². The Morgan fingerprint density at radius 1 is 1.36 bits per heavy atom. The number of rotatable bonds is 4. The Bertz CT molecular complexity index is 514. The largest absolute Gasteiger partial charge is 0.484 e. The fraction of sp³-hybridized carbons (Fsp3) is 0.611. The van der Waals surface area contributed by atoms with Crippen molar-refractivity contribution in [3.8, 4) is 5.75 Å². The summed E-state index contributed by atoms with van der Waals surface area (Å²) in [5.74, 6) is 1.34. The van der Waals surface area contributed by atoms with Gasteiger partial charge in [0.2, 0.25) is 0 Å². The van der Waals surface area contributed by atoms with E-state index in [0.29, 0.717) is 18.1 Å². The lowest BCUT2D eigenvalue weighted by Crippen LogP contribution is -2.46. The molecule has 2 aliphatic rings. The highest BCUT2D eigenvalue weighted by atomic mass is 16.5. The lowest BCUT2D eigenvalue weighted by Gasteiger charge is -2.34. The molecule has 1 amide bonds. The highest BCUT2D eigenvalue weighted by Gasteiger charge is 2.38. The summed E-state index contributed by atoms with van der Waals surface area (Å²) in [7, 11) is 0. The molecule has 1 aromatic rings. The molecule has 0 aliphatic carbocycles. The summed E-state index contributed by atoms with van der Waals surface area (Å²) in [5.41, 5.74) is 1.27. The van der Waals surface area contributed by atoms with Crippen molar-refractivity contribution in [2.75, 3.05) is 19.7 Å². The SMILES string of the molecule is CCc1ccc(OCC(=O)N2CC[C@@H]3O[C@H](C)C[C@@H]3C2)cc1. The van der Waals surface area contributed by atoms with Crippen LogP contribution in [0.2, 0.25) is 0 Å². The molecule has 22 heavy (non-hydrogen) atoms. The van der Waals surface area contributed by atoms with E-state index in [-0.39, 0.29) is 12.5 Å². The molecule has 2 fully saturated rings. The van der Waals surface area contributed by atoms with Crippen LogP contribution in [-0.2, 0) is 16.0 Å². The van der Waals surface area contributed by atoms with Crippen molar-refractivity contribution in [3.05, 3.63) is 29.8 Å². The Morgan fingerprint density at radius 3 is 2.86 bits per heavy atom. The van der Waals surface area contributed by atoms with Crippen molar-refractivity contribution < 1.29 is 14.3 Å². The van der Waals surface area contributed by atoms with Crippen LogP contribution in [0.25, 0.3) is 0 Å². The maximum absolute atomic E-state index is 12.3. The molecular formula is C18H25NO3. The Morgan fingerprint density at radius 2 is 2.14 bits per heavy atom. The maximum Gasteiger partial charge on any atom is 0.260 e. The number of fused-ring (bicyclic) bond motifs is 1. The van der Waals surface area contributed by atoms with Gasteiger partial charge in [0.15, 0.2) is 6.61 Å². The van der Waals surface area contributed by atoms with Crippen molar-refractivity contribution in [2.24, 2.45) is 5.92 Å². The van der Waals surface area contributed by atoms with Crippen molar-refractivity contribution in [1.82, 2.24) is 4.90 Å². The second-order valence-electron chi connectivity index (χ2n) is 6.40. The normalized spacial score (nSPS) is 27.5. The van der Waals surface area contributed by atoms with Gasteiger partial charge in [-0.1, -0.05) is 19.1 Å². The van der Waals surface area contributed by atoms with E-state index in [4.69, 9.17) is 9.47 Å². The zero-order chi connectivity index (χ0) is 15.5. The fourth-order valence-electron chi connectivity index (χ4n) is 3.48. The van der Waals surface area contributed by atoms with E-state index in [9.17, 15) is 4.79 Å². The minimum Gasteiger partial charge on any atom is -0.484 e. The lowest BCUT2D eigenvalue weighted by atomic mass is 9.93. The third-order valence-electron chi connectivity index (χ3n) is 4.75. The number of carbonyl (C=O) groups excluding carboxylic acids is 1. The topological polar surface area (TPSA) is 38.8 Å². The first-order valence-electron chi connectivity index (χ1n) is 8.30. The minimum atomic E-state index is 0.0811. The number of carbonyl (C=O) groups is 1. The Kier molecular flexibility index (Phi) is 4.67. The molecule has 0 aromatic heterocycles. The Hall–Kier alpha value is -1.55. The van der Waals surface area contributed by atoms with Gasteiger partial charge in [-0.25, -0.2) is 0 Å². The molecule has 2 heterocycles. The summed E-state index contributed by atoms with van der Waals surface area (Å²) in [6.45, 7) is 5.96. The number of hydrogen-bond donors (Lipinski definition) is 0. The van der Waals surface area contributed by atoms with Crippen LogP contribution in [0.15, 0.2) is 24.3 Å². The average Bonchev–Trinajstić information content (AvgIpc) is 2.92. The van der Waals surface area contributed by atoms with Crippen molar-refractivity contribution in [1.29, 1.82) is 0 Å². The van der Waals surface area contributed by atoms with Crippen LogP contribution in [-0.4, -0.2) is 42.7 Å². The number of likely N-dealkylation sites (tertiary alicyclic amines) is 1. The van der Waals surface area contributed by atoms with E-state index in [1.54, 1.807) is 0 Å². The standard InChI is InChI=1S/C18H25NO3/c1-3-14-4-6-16(7-5-14)21-12-18(20)19-9-8-17-15(11-19)10-13(2)22-17/h4-7,13,15,17H,3,8-12H2,1-2H3/t13-,15-,17+/m1/s1.